The molecule has 0 amide bonds. The van der Waals surface area contributed by atoms with Crippen molar-refractivity contribution in [3.8, 4) is 0 Å². The number of halogens is 1. The summed E-state index contributed by atoms with van der Waals surface area (Å²) < 4.78 is 11.5. The maximum absolute atomic E-state index is 11.5. The molecule has 0 saturated carbocycles. The van der Waals surface area contributed by atoms with Crippen LogP contribution in [0.1, 0.15) is 6.42 Å². The van der Waals surface area contributed by atoms with Crippen molar-refractivity contribution in [2.75, 3.05) is 26.8 Å². The number of hydrogen-bond donors (Lipinski definition) is 0. The summed E-state index contributed by atoms with van der Waals surface area (Å²) >= 11 is 0. The van der Waals surface area contributed by atoms with Gasteiger partial charge in [-0.15, -0.1) is 0 Å². The average Bonchev–Trinajstić information content (AvgIpc) is 1.68. The van der Waals surface area contributed by atoms with Crippen molar-refractivity contribution in [3.05, 3.63) is 6.92 Å². The first-order chi connectivity index (χ1) is 3.81. The van der Waals surface area contributed by atoms with Crippen molar-refractivity contribution in [1.82, 2.24) is 4.90 Å². The van der Waals surface area contributed by atoms with Gasteiger partial charge in [0.25, 0.3) is 0 Å². The Balaban J connectivity index is 2.92. The van der Waals surface area contributed by atoms with Crippen molar-refractivity contribution in [1.29, 1.82) is 0 Å². The predicted molar refractivity (Wildman–Crippen MR) is 33.4 cm³/mol. The highest BCUT2D eigenvalue weighted by Gasteiger charge is 1.92. The highest BCUT2D eigenvalue weighted by molar-refractivity contribution is 4.49. The normalized spacial score (nSPS) is 10.5. The van der Waals surface area contributed by atoms with Gasteiger partial charge in [0.05, 0.1) is 0 Å². The van der Waals surface area contributed by atoms with Gasteiger partial charge in [-0.3, -0.25) is 0 Å². The molecule has 0 saturated heterocycles. The van der Waals surface area contributed by atoms with Gasteiger partial charge in [0.2, 0.25) is 0 Å². The Bertz CT molecular complexity index is 41.8. The summed E-state index contributed by atoms with van der Waals surface area (Å²) in [6, 6.07) is 0. The summed E-state index contributed by atoms with van der Waals surface area (Å²) in [5.41, 5.74) is 0. The molecule has 0 heterocycles. The highest BCUT2D eigenvalue weighted by Crippen LogP contribution is 1.84. The third kappa shape index (κ3) is 4.06. The average molecular weight is 118 g/mol. The zero-order chi connectivity index (χ0) is 6.41. The molecule has 1 radical (unpaired) electrons. The second kappa shape index (κ2) is 5.04. The molecule has 0 rings (SSSR count). The molecule has 0 aliphatic carbocycles. The molecule has 0 spiro atoms. The smallest absolute Gasteiger partial charge is 0.102 e. The van der Waals surface area contributed by atoms with E-state index in [-0.39, 0.29) is 6.67 Å². The fraction of sp³-hybridized carbons (Fsp3) is 0.833. The van der Waals surface area contributed by atoms with Crippen LogP contribution in [0.4, 0.5) is 4.39 Å². The predicted octanol–water partition coefficient (Wildman–Crippen LogP) is 1.11. The van der Waals surface area contributed by atoms with Crippen molar-refractivity contribution < 1.29 is 4.39 Å². The summed E-state index contributed by atoms with van der Waals surface area (Å²) in [5.74, 6) is 0. The van der Waals surface area contributed by atoms with Crippen molar-refractivity contribution in [3.63, 3.8) is 0 Å². The van der Waals surface area contributed by atoms with E-state index in [0.717, 1.165) is 13.0 Å². The van der Waals surface area contributed by atoms with Crippen molar-refractivity contribution >= 4 is 0 Å². The maximum atomic E-state index is 11.5. The van der Waals surface area contributed by atoms with Crippen LogP contribution in [-0.4, -0.2) is 31.7 Å². The van der Waals surface area contributed by atoms with E-state index in [1.807, 2.05) is 11.9 Å². The Morgan fingerprint density at radius 3 is 2.50 bits per heavy atom. The lowest BCUT2D eigenvalue weighted by Gasteiger charge is -2.11. The molecule has 0 unspecified atom stereocenters. The summed E-state index contributed by atoms with van der Waals surface area (Å²) in [5, 5.41) is 0. The summed E-state index contributed by atoms with van der Waals surface area (Å²) in [4.78, 5) is 1.92. The van der Waals surface area contributed by atoms with Gasteiger partial charge in [-0.1, -0.05) is 6.92 Å². The minimum Gasteiger partial charge on any atom is -0.304 e. The Morgan fingerprint density at radius 1 is 1.50 bits per heavy atom. The fourth-order valence-electron chi connectivity index (χ4n) is 0.526. The van der Waals surface area contributed by atoms with Gasteiger partial charge in [-0.25, -0.2) is 4.39 Å². The molecule has 8 heavy (non-hydrogen) atoms. The largest absolute Gasteiger partial charge is 0.304 e. The summed E-state index contributed by atoms with van der Waals surface area (Å²) in [6.07, 6.45) is 0.858. The van der Waals surface area contributed by atoms with Crippen molar-refractivity contribution in [2.24, 2.45) is 0 Å². The molecule has 0 aliphatic rings. The van der Waals surface area contributed by atoms with Crippen LogP contribution < -0.4 is 0 Å². The van der Waals surface area contributed by atoms with Crippen LogP contribution >= 0.6 is 0 Å². The first-order valence-electron chi connectivity index (χ1n) is 2.85. The van der Waals surface area contributed by atoms with Crippen LogP contribution in [0.5, 0.6) is 0 Å². The van der Waals surface area contributed by atoms with Gasteiger partial charge in [0.1, 0.15) is 6.67 Å². The van der Waals surface area contributed by atoms with Crippen LogP contribution in [0, 0.1) is 6.92 Å². The zero-order valence-electron chi connectivity index (χ0n) is 5.36. The lowest BCUT2D eigenvalue weighted by atomic mass is 10.4. The van der Waals surface area contributed by atoms with Gasteiger partial charge in [-0.2, -0.15) is 0 Å². The summed E-state index contributed by atoms with van der Waals surface area (Å²) in [7, 11) is 1.89. The van der Waals surface area contributed by atoms with Crippen LogP contribution in [0.3, 0.4) is 0 Å². The Hall–Kier alpha value is -0.110. The Morgan fingerprint density at radius 2 is 2.12 bits per heavy atom. The topological polar surface area (TPSA) is 3.24 Å². The molecule has 0 aromatic heterocycles. The van der Waals surface area contributed by atoms with E-state index in [1.54, 1.807) is 0 Å². The SMILES string of the molecule is [CH2]CCN(C)CCF. The fourth-order valence-corrected chi connectivity index (χ4v) is 0.526. The molecule has 0 atom stereocenters. The molecule has 0 fully saturated rings. The maximum Gasteiger partial charge on any atom is 0.102 e. The van der Waals surface area contributed by atoms with Crippen LogP contribution in [-0.2, 0) is 0 Å². The third-order valence-electron chi connectivity index (χ3n) is 1.01. The molecule has 0 aliphatic heterocycles. The number of rotatable bonds is 4. The van der Waals surface area contributed by atoms with Crippen LogP contribution in [0.15, 0.2) is 0 Å². The second-order valence-electron chi connectivity index (χ2n) is 1.85. The molecule has 49 valence electrons. The molecule has 0 aromatic rings. The standard InChI is InChI=1S/C6H13FN/c1-3-5-8(2)6-4-7/h1,3-6H2,2H3. The first-order valence-corrected chi connectivity index (χ1v) is 2.85. The Labute approximate surface area is 50.5 Å². The number of nitrogens with zero attached hydrogens (tertiary/aromatic N) is 1. The molecule has 2 heteroatoms. The van der Waals surface area contributed by atoms with E-state index in [2.05, 4.69) is 6.92 Å². The van der Waals surface area contributed by atoms with Crippen molar-refractivity contribution in [2.45, 2.75) is 6.42 Å². The van der Waals surface area contributed by atoms with E-state index in [4.69, 9.17) is 0 Å². The second-order valence-corrected chi connectivity index (χ2v) is 1.85. The van der Waals surface area contributed by atoms with Gasteiger partial charge in [0.15, 0.2) is 0 Å². The van der Waals surface area contributed by atoms with Gasteiger partial charge < -0.3 is 4.90 Å². The third-order valence-corrected chi connectivity index (χ3v) is 1.01. The lowest BCUT2D eigenvalue weighted by molar-refractivity contribution is 0.299. The molecular formula is C6H13FN. The minimum atomic E-state index is -0.253. The molecular weight excluding hydrogens is 105 g/mol. The zero-order valence-corrected chi connectivity index (χ0v) is 5.36. The van der Waals surface area contributed by atoms with Gasteiger partial charge in [0, 0.05) is 6.54 Å². The van der Waals surface area contributed by atoms with E-state index >= 15 is 0 Å². The van der Waals surface area contributed by atoms with Gasteiger partial charge >= 0.3 is 0 Å². The summed E-state index contributed by atoms with van der Waals surface area (Å²) in [6.45, 7) is 4.82. The number of alkyl halides is 1. The van der Waals surface area contributed by atoms with Crippen LogP contribution in [0.25, 0.3) is 0 Å². The Kier molecular flexibility index (Phi) is 4.97. The molecule has 1 nitrogen and oxygen atoms in total. The van der Waals surface area contributed by atoms with E-state index < -0.39 is 0 Å². The monoisotopic (exact) mass is 118 g/mol. The van der Waals surface area contributed by atoms with E-state index in [9.17, 15) is 4.39 Å². The minimum absolute atomic E-state index is 0.253. The highest BCUT2D eigenvalue weighted by atomic mass is 19.1. The van der Waals surface area contributed by atoms with Crippen LogP contribution in [0.2, 0.25) is 0 Å². The quantitative estimate of drug-likeness (QED) is 0.534. The molecule has 0 bridgehead atoms. The molecule has 0 N–H and O–H groups in total. The lowest BCUT2D eigenvalue weighted by Crippen LogP contribution is -2.21. The number of hydrogen-bond acceptors (Lipinski definition) is 1. The molecule has 0 aromatic carbocycles. The first kappa shape index (κ1) is 7.89. The van der Waals surface area contributed by atoms with Gasteiger partial charge in [-0.05, 0) is 20.0 Å². The van der Waals surface area contributed by atoms with E-state index in [1.165, 1.54) is 0 Å². The van der Waals surface area contributed by atoms with E-state index in [0.29, 0.717) is 6.54 Å².